The Morgan fingerprint density at radius 1 is 1.07 bits per heavy atom. The highest BCUT2D eigenvalue weighted by Crippen LogP contribution is 1.91. The standard InChI is InChI=1S/C12H13N2O/c1-10-3-6-13(7-4-10)14-8-5-11(2)9-12(14)15/h3-9H,1-2H3/q+1. The maximum absolute atomic E-state index is 11.7. The quantitative estimate of drug-likeness (QED) is 0.634. The van der Waals surface area contributed by atoms with Crippen LogP contribution < -0.4 is 10.2 Å². The Balaban J connectivity index is 2.55. The molecule has 2 aromatic rings. The molecule has 0 amide bonds. The van der Waals surface area contributed by atoms with Gasteiger partial charge in [-0.15, -0.1) is 0 Å². The highest BCUT2D eigenvalue weighted by molar-refractivity contribution is 5.07. The molecule has 2 rings (SSSR count). The van der Waals surface area contributed by atoms with Gasteiger partial charge >= 0.3 is 5.56 Å². The fraction of sp³-hybridized carbons (Fsp3) is 0.167. The Labute approximate surface area is 88.2 Å². The molecule has 0 aliphatic heterocycles. The topological polar surface area (TPSA) is 25.9 Å². The van der Waals surface area contributed by atoms with Crippen molar-refractivity contribution in [3.63, 3.8) is 0 Å². The van der Waals surface area contributed by atoms with Gasteiger partial charge in [-0.25, -0.2) is 0 Å². The van der Waals surface area contributed by atoms with Crippen molar-refractivity contribution >= 4 is 0 Å². The average molecular weight is 201 g/mol. The summed E-state index contributed by atoms with van der Waals surface area (Å²) >= 11 is 0. The van der Waals surface area contributed by atoms with Crippen LogP contribution >= 0.6 is 0 Å². The second-order valence-corrected chi connectivity index (χ2v) is 3.64. The van der Waals surface area contributed by atoms with Crippen molar-refractivity contribution < 1.29 is 4.68 Å². The summed E-state index contributed by atoms with van der Waals surface area (Å²) < 4.78 is 3.32. The summed E-state index contributed by atoms with van der Waals surface area (Å²) in [5.74, 6) is 0. The molecule has 0 aliphatic carbocycles. The maximum Gasteiger partial charge on any atom is 0.306 e. The number of rotatable bonds is 1. The minimum atomic E-state index is -0.0242. The number of hydrogen-bond donors (Lipinski definition) is 0. The largest absolute Gasteiger partial charge is 0.306 e. The van der Waals surface area contributed by atoms with Crippen molar-refractivity contribution in [1.29, 1.82) is 0 Å². The van der Waals surface area contributed by atoms with E-state index in [1.807, 2.05) is 44.4 Å². The molecule has 0 fully saturated rings. The summed E-state index contributed by atoms with van der Waals surface area (Å²) in [4.78, 5) is 11.7. The van der Waals surface area contributed by atoms with Gasteiger partial charge in [0.2, 0.25) is 12.4 Å². The first-order valence-electron chi connectivity index (χ1n) is 4.85. The van der Waals surface area contributed by atoms with Crippen LogP contribution in [0.5, 0.6) is 0 Å². The molecule has 2 heterocycles. The van der Waals surface area contributed by atoms with E-state index in [9.17, 15) is 4.79 Å². The first-order chi connectivity index (χ1) is 7.16. The van der Waals surface area contributed by atoms with E-state index in [1.54, 1.807) is 21.6 Å². The maximum atomic E-state index is 11.7. The molecular weight excluding hydrogens is 188 g/mol. The van der Waals surface area contributed by atoms with Crippen LogP contribution in [-0.2, 0) is 0 Å². The lowest BCUT2D eigenvalue weighted by molar-refractivity contribution is -0.730. The molecule has 15 heavy (non-hydrogen) atoms. The molecule has 0 bridgehead atoms. The molecule has 0 saturated carbocycles. The summed E-state index contributed by atoms with van der Waals surface area (Å²) in [5.41, 5.74) is 2.12. The predicted octanol–water partition coefficient (Wildman–Crippen LogP) is 1.06. The Morgan fingerprint density at radius 3 is 2.33 bits per heavy atom. The van der Waals surface area contributed by atoms with Crippen LogP contribution in [0.3, 0.4) is 0 Å². The predicted molar refractivity (Wildman–Crippen MR) is 57.6 cm³/mol. The van der Waals surface area contributed by atoms with E-state index in [0.29, 0.717) is 0 Å². The Morgan fingerprint density at radius 2 is 1.73 bits per heavy atom. The van der Waals surface area contributed by atoms with E-state index >= 15 is 0 Å². The van der Waals surface area contributed by atoms with Crippen LogP contribution in [0.25, 0.3) is 0 Å². The van der Waals surface area contributed by atoms with E-state index in [-0.39, 0.29) is 5.56 Å². The molecule has 3 heteroatoms. The van der Waals surface area contributed by atoms with Crippen molar-refractivity contribution in [2.45, 2.75) is 13.8 Å². The summed E-state index contributed by atoms with van der Waals surface area (Å²) in [6.07, 6.45) is 5.51. The second kappa shape index (κ2) is 3.69. The van der Waals surface area contributed by atoms with Crippen LogP contribution in [0.4, 0.5) is 0 Å². The number of aryl methyl sites for hydroxylation is 2. The second-order valence-electron chi connectivity index (χ2n) is 3.64. The van der Waals surface area contributed by atoms with Crippen molar-refractivity contribution in [2.24, 2.45) is 0 Å². The Bertz CT molecular complexity index is 526. The third-order valence-electron chi connectivity index (χ3n) is 2.28. The van der Waals surface area contributed by atoms with Crippen molar-refractivity contribution in [1.82, 2.24) is 4.68 Å². The monoisotopic (exact) mass is 201 g/mol. The lowest BCUT2D eigenvalue weighted by atomic mass is 10.3. The molecule has 76 valence electrons. The van der Waals surface area contributed by atoms with Gasteiger partial charge in [-0.05, 0) is 31.0 Å². The molecule has 2 aromatic heterocycles. The molecule has 0 N–H and O–H groups in total. The SMILES string of the molecule is Cc1cc[n+](-n2ccc(C)cc2=O)cc1. The molecule has 0 radical (unpaired) electrons. The molecule has 0 spiro atoms. The third-order valence-corrected chi connectivity index (χ3v) is 2.28. The summed E-state index contributed by atoms with van der Waals surface area (Å²) in [7, 11) is 0. The lowest BCUT2D eigenvalue weighted by Gasteiger charge is -1.99. The van der Waals surface area contributed by atoms with Gasteiger partial charge in [0, 0.05) is 18.2 Å². The molecule has 0 unspecified atom stereocenters. The Kier molecular flexibility index (Phi) is 2.37. The molecule has 3 nitrogen and oxygen atoms in total. The summed E-state index contributed by atoms with van der Waals surface area (Å²) in [5, 5.41) is 0. The van der Waals surface area contributed by atoms with Gasteiger partial charge in [0.15, 0.2) is 0 Å². The molecule has 0 saturated heterocycles. The van der Waals surface area contributed by atoms with Crippen LogP contribution in [0, 0.1) is 13.8 Å². The normalized spacial score (nSPS) is 10.3. The number of aromatic nitrogens is 2. The minimum Gasteiger partial charge on any atom is -0.263 e. The van der Waals surface area contributed by atoms with Gasteiger partial charge in [-0.3, -0.25) is 4.79 Å². The molecule has 0 atom stereocenters. The lowest BCUT2D eigenvalue weighted by Crippen LogP contribution is -2.47. The van der Waals surface area contributed by atoms with Gasteiger partial charge in [0.25, 0.3) is 0 Å². The Hall–Kier alpha value is -1.90. The van der Waals surface area contributed by atoms with Crippen LogP contribution in [-0.4, -0.2) is 4.68 Å². The smallest absolute Gasteiger partial charge is 0.263 e. The van der Waals surface area contributed by atoms with Gasteiger partial charge in [-0.2, -0.15) is 0 Å². The highest BCUT2D eigenvalue weighted by Gasteiger charge is 2.04. The summed E-state index contributed by atoms with van der Waals surface area (Å²) in [6.45, 7) is 3.92. The zero-order valence-electron chi connectivity index (χ0n) is 8.84. The van der Waals surface area contributed by atoms with Gasteiger partial charge in [0.1, 0.15) is 0 Å². The fourth-order valence-electron chi connectivity index (χ4n) is 1.40. The van der Waals surface area contributed by atoms with E-state index in [4.69, 9.17) is 0 Å². The van der Waals surface area contributed by atoms with Crippen molar-refractivity contribution in [3.8, 4) is 0 Å². The van der Waals surface area contributed by atoms with E-state index in [1.165, 1.54) is 5.56 Å². The molecule has 0 aromatic carbocycles. The van der Waals surface area contributed by atoms with Gasteiger partial charge in [0.05, 0.1) is 6.20 Å². The third kappa shape index (κ3) is 1.96. The molecular formula is C12H13N2O+. The first-order valence-corrected chi connectivity index (χ1v) is 4.85. The number of hydrogen-bond acceptors (Lipinski definition) is 1. The van der Waals surface area contributed by atoms with Crippen molar-refractivity contribution in [2.75, 3.05) is 0 Å². The highest BCUT2D eigenvalue weighted by atomic mass is 16.1. The van der Waals surface area contributed by atoms with E-state index < -0.39 is 0 Å². The number of pyridine rings is 2. The first kappa shape index (κ1) is 9.65. The van der Waals surface area contributed by atoms with E-state index in [2.05, 4.69) is 0 Å². The zero-order valence-corrected chi connectivity index (χ0v) is 8.84. The van der Waals surface area contributed by atoms with E-state index in [0.717, 1.165) is 5.56 Å². The van der Waals surface area contributed by atoms with Gasteiger partial charge in [-0.1, -0.05) is 9.35 Å². The van der Waals surface area contributed by atoms with Crippen molar-refractivity contribution in [3.05, 3.63) is 64.3 Å². The van der Waals surface area contributed by atoms with Crippen LogP contribution in [0.15, 0.2) is 47.7 Å². The molecule has 0 aliphatic rings. The number of nitrogens with zero attached hydrogens (tertiary/aromatic N) is 2. The zero-order chi connectivity index (χ0) is 10.8. The summed E-state index contributed by atoms with van der Waals surface area (Å²) in [6, 6.07) is 7.46. The minimum absolute atomic E-state index is 0.0242. The van der Waals surface area contributed by atoms with Crippen LogP contribution in [0.2, 0.25) is 0 Å². The average Bonchev–Trinajstić information content (AvgIpc) is 2.20. The fourth-order valence-corrected chi connectivity index (χ4v) is 1.40. The van der Waals surface area contributed by atoms with Gasteiger partial charge < -0.3 is 0 Å². The van der Waals surface area contributed by atoms with Crippen LogP contribution in [0.1, 0.15) is 11.1 Å².